The van der Waals surface area contributed by atoms with Crippen molar-refractivity contribution in [2.45, 2.75) is 56.0 Å². The van der Waals surface area contributed by atoms with Crippen molar-refractivity contribution in [3.05, 3.63) is 29.6 Å². The number of hydrogen-bond acceptors (Lipinski definition) is 3. The molecule has 2 fully saturated rings. The zero-order valence-corrected chi connectivity index (χ0v) is 11.9. The first-order valence-corrected chi connectivity index (χ1v) is 7.28. The highest BCUT2D eigenvalue weighted by molar-refractivity contribution is 5.24. The molecule has 3 heterocycles. The van der Waals surface area contributed by atoms with Gasteiger partial charge in [0.25, 0.3) is 0 Å². The molecular weight excluding hydrogens is 281 g/mol. The van der Waals surface area contributed by atoms with Gasteiger partial charge in [-0.3, -0.25) is 4.98 Å². The van der Waals surface area contributed by atoms with Crippen LogP contribution in [0.15, 0.2) is 18.3 Å². The van der Waals surface area contributed by atoms with Gasteiger partial charge in [-0.1, -0.05) is 12.5 Å². The molecule has 2 bridgehead atoms. The van der Waals surface area contributed by atoms with Crippen molar-refractivity contribution in [2.24, 2.45) is 0 Å². The van der Waals surface area contributed by atoms with E-state index >= 15 is 0 Å². The Balaban J connectivity index is 1.86. The second-order valence-electron chi connectivity index (χ2n) is 6.27. The number of hydrogen-bond donors (Lipinski definition) is 1. The van der Waals surface area contributed by atoms with Gasteiger partial charge in [-0.15, -0.1) is 0 Å². The van der Waals surface area contributed by atoms with E-state index < -0.39 is 17.5 Å². The summed E-state index contributed by atoms with van der Waals surface area (Å²) >= 11 is 0. The summed E-state index contributed by atoms with van der Waals surface area (Å²) in [5.74, 6) is 0. The average Bonchev–Trinajstić information content (AvgIpc) is 2.40. The summed E-state index contributed by atoms with van der Waals surface area (Å²) in [4.78, 5) is 5.79. The molecule has 0 radical (unpaired) electrons. The maximum atomic E-state index is 12.6. The molecule has 1 aromatic rings. The van der Waals surface area contributed by atoms with Gasteiger partial charge in [0.15, 0.2) is 0 Å². The van der Waals surface area contributed by atoms with E-state index in [0.717, 1.165) is 25.3 Å². The van der Waals surface area contributed by atoms with E-state index in [-0.39, 0.29) is 0 Å². The molecule has 1 N–H and O–H groups in total. The third-order valence-electron chi connectivity index (χ3n) is 4.96. The Hall–Kier alpha value is -1.14. The number of aliphatic hydroxyl groups is 1. The maximum Gasteiger partial charge on any atom is 0.433 e. The Morgan fingerprint density at radius 2 is 1.86 bits per heavy atom. The molecular formula is C15H19F3N2O. The summed E-state index contributed by atoms with van der Waals surface area (Å²) in [6.45, 7) is 0. The molecule has 116 valence electrons. The SMILES string of the molecule is CN1C2CCCC1CC(O)(c1ccc(C(F)(F)F)nc1)C2. The van der Waals surface area contributed by atoms with Crippen molar-refractivity contribution in [1.82, 2.24) is 9.88 Å². The van der Waals surface area contributed by atoms with Crippen LogP contribution in [0.3, 0.4) is 0 Å². The molecule has 0 aromatic carbocycles. The standard InChI is InChI=1S/C15H19F3N2O/c1-20-11-3-2-4-12(20)8-14(21,7-11)10-5-6-13(19-9-10)15(16,17)18/h5-6,9,11-12,21H,2-4,7-8H2,1H3. The molecule has 0 spiro atoms. The van der Waals surface area contributed by atoms with E-state index in [1.807, 2.05) is 0 Å². The number of halogens is 3. The van der Waals surface area contributed by atoms with Crippen molar-refractivity contribution >= 4 is 0 Å². The lowest BCUT2D eigenvalue weighted by molar-refractivity contribution is -0.141. The minimum absolute atomic E-state index is 0.296. The van der Waals surface area contributed by atoms with E-state index in [2.05, 4.69) is 16.9 Å². The first-order valence-electron chi connectivity index (χ1n) is 7.28. The average molecular weight is 300 g/mol. The Morgan fingerprint density at radius 1 is 1.24 bits per heavy atom. The van der Waals surface area contributed by atoms with E-state index in [1.54, 1.807) is 0 Å². The van der Waals surface area contributed by atoms with Crippen LogP contribution < -0.4 is 0 Å². The van der Waals surface area contributed by atoms with Gasteiger partial charge in [-0.2, -0.15) is 13.2 Å². The highest BCUT2D eigenvalue weighted by atomic mass is 19.4. The van der Waals surface area contributed by atoms with Crippen molar-refractivity contribution in [3.8, 4) is 0 Å². The molecule has 2 saturated heterocycles. The fraction of sp³-hybridized carbons (Fsp3) is 0.667. The number of aromatic nitrogens is 1. The van der Waals surface area contributed by atoms with Crippen molar-refractivity contribution in [1.29, 1.82) is 0 Å². The molecule has 2 atom stereocenters. The van der Waals surface area contributed by atoms with Crippen LogP contribution in [-0.2, 0) is 11.8 Å². The van der Waals surface area contributed by atoms with Crippen LogP contribution in [0.2, 0.25) is 0 Å². The Morgan fingerprint density at radius 3 is 2.33 bits per heavy atom. The third-order valence-corrected chi connectivity index (χ3v) is 4.96. The predicted octanol–water partition coefficient (Wildman–Crippen LogP) is 2.93. The fourth-order valence-corrected chi connectivity index (χ4v) is 3.72. The van der Waals surface area contributed by atoms with Gasteiger partial charge in [-0.25, -0.2) is 0 Å². The molecule has 21 heavy (non-hydrogen) atoms. The number of nitrogens with zero attached hydrogens (tertiary/aromatic N) is 2. The van der Waals surface area contributed by atoms with Crippen LogP contribution in [-0.4, -0.2) is 34.1 Å². The van der Waals surface area contributed by atoms with Crippen molar-refractivity contribution < 1.29 is 18.3 Å². The zero-order valence-electron chi connectivity index (χ0n) is 11.9. The van der Waals surface area contributed by atoms with E-state index in [4.69, 9.17) is 0 Å². The van der Waals surface area contributed by atoms with Crippen LogP contribution in [0.4, 0.5) is 13.2 Å². The molecule has 2 aliphatic rings. The van der Waals surface area contributed by atoms with Gasteiger partial charge in [0.2, 0.25) is 0 Å². The van der Waals surface area contributed by atoms with Crippen molar-refractivity contribution in [3.63, 3.8) is 0 Å². The zero-order chi connectivity index (χ0) is 15.3. The first kappa shape index (κ1) is 14.8. The second-order valence-corrected chi connectivity index (χ2v) is 6.27. The number of piperidine rings is 2. The summed E-state index contributed by atoms with van der Waals surface area (Å²) < 4.78 is 37.7. The summed E-state index contributed by atoms with van der Waals surface area (Å²) in [5, 5.41) is 10.9. The molecule has 0 saturated carbocycles. The molecule has 3 rings (SSSR count). The van der Waals surface area contributed by atoms with Gasteiger partial charge in [0, 0.05) is 23.8 Å². The van der Waals surface area contributed by atoms with Crippen LogP contribution in [0.25, 0.3) is 0 Å². The predicted molar refractivity (Wildman–Crippen MR) is 71.6 cm³/mol. The number of alkyl halides is 3. The molecule has 1 aromatic heterocycles. The van der Waals surface area contributed by atoms with Crippen LogP contribution in [0.5, 0.6) is 0 Å². The van der Waals surface area contributed by atoms with Gasteiger partial charge in [0.05, 0.1) is 5.60 Å². The van der Waals surface area contributed by atoms with Crippen LogP contribution in [0, 0.1) is 0 Å². The lowest BCUT2D eigenvalue weighted by Crippen LogP contribution is -2.55. The summed E-state index contributed by atoms with van der Waals surface area (Å²) in [7, 11) is 2.07. The topological polar surface area (TPSA) is 36.4 Å². The highest BCUT2D eigenvalue weighted by Gasteiger charge is 2.45. The van der Waals surface area contributed by atoms with Gasteiger partial charge in [0.1, 0.15) is 5.69 Å². The van der Waals surface area contributed by atoms with Gasteiger partial charge >= 0.3 is 6.18 Å². The minimum Gasteiger partial charge on any atom is -0.385 e. The summed E-state index contributed by atoms with van der Waals surface area (Å²) in [6.07, 6.45) is 1.09. The normalized spacial score (nSPS) is 34.0. The third kappa shape index (κ3) is 2.66. The maximum absolute atomic E-state index is 12.6. The van der Waals surface area contributed by atoms with E-state index in [1.165, 1.54) is 12.3 Å². The Labute approximate surface area is 121 Å². The first-order chi connectivity index (χ1) is 9.79. The number of rotatable bonds is 1. The minimum atomic E-state index is -4.44. The molecule has 2 unspecified atom stereocenters. The van der Waals surface area contributed by atoms with E-state index in [9.17, 15) is 18.3 Å². The molecule has 0 amide bonds. The van der Waals surface area contributed by atoms with Gasteiger partial charge < -0.3 is 10.0 Å². The summed E-state index contributed by atoms with van der Waals surface area (Å²) in [5.41, 5.74) is -1.47. The molecule has 6 heteroatoms. The monoisotopic (exact) mass is 300 g/mol. The van der Waals surface area contributed by atoms with E-state index in [0.29, 0.717) is 30.5 Å². The second kappa shape index (κ2) is 4.95. The number of pyridine rings is 1. The quantitative estimate of drug-likeness (QED) is 0.866. The van der Waals surface area contributed by atoms with Gasteiger partial charge in [-0.05, 0) is 38.8 Å². The highest BCUT2D eigenvalue weighted by Crippen LogP contribution is 2.43. The molecule has 0 aliphatic carbocycles. The largest absolute Gasteiger partial charge is 0.433 e. The van der Waals surface area contributed by atoms with Crippen LogP contribution in [0.1, 0.15) is 43.4 Å². The fourth-order valence-electron chi connectivity index (χ4n) is 3.72. The summed E-state index contributed by atoms with van der Waals surface area (Å²) in [6, 6.07) is 2.92. The lowest BCUT2D eigenvalue weighted by atomic mass is 9.73. The molecule has 3 nitrogen and oxygen atoms in total. The Kier molecular flexibility index (Phi) is 3.48. The van der Waals surface area contributed by atoms with Crippen LogP contribution >= 0.6 is 0 Å². The van der Waals surface area contributed by atoms with Crippen molar-refractivity contribution in [2.75, 3.05) is 7.05 Å². The molecule has 2 aliphatic heterocycles. The smallest absolute Gasteiger partial charge is 0.385 e. The Bertz CT molecular complexity index is 501. The lowest BCUT2D eigenvalue weighted by Gasteiger charge is -2.50. The number of fused-ring (bicyclic) bond motifs is 2.